The molecular weight excluding hydrogens is 248 g/mol. The number of carbonyl (C=O) groups excluding carboxylic acids is 1. The molecule has 1 aromatic carbocycles. The van der Waals surface area contributed by atoms with Gasteiger partial charge < -0.3 is 5.32 Å². The van der Waals surface area contributed by atoms with Crippen LogP contribution in [-0.4, -0.2) is 29.9 Å². The number of benzene rings is 1. The molecule has 0 unspecified atom stereocenters. The van der Waals surface area contributed by atoms with Gasteiger partial charge >= 0.3 is 0 Å². The van der Waals surface area contributed by atoms with Crippen molar-refractivity contribution in [3.63, 3.8) is 0 Å². The molecule has 0 aliphatic rings. The maximum absolute atomic E-state index is 12.0. The first kappa shape index (κ1) is 16.7. The highest BCUT2D eigenvalue weighted by atomic mass is 16.2. The Hall–Kier alpha value is -1.35. The first-order valence-electron chi connectivity index (χ1n) is 7.68. The summed E-state index contributed by atoms with van der Waals surface area (Å²) >= 11 is 0. The van der Waals surface area contributed by atoms with Gasteiger partial charge in [-0.2, -0.15) is 0 Å². The van der Waals surface area contributed by atoms with Crippen LogP contribution < -0.4 is 5.32 Å². The first-order valence-corrected chi connectivity index (χ1v) is 7.68. The SMILES string of the molecule is CCCCCNC(=O)CN(Cc1ccccc1)C(C)C. The van der Waals surface area contributed by atoms with Crippen molar-refractivity contribution in [2.45, 2.75) is 52.6 Å². The Labute approximate surface area is 123 Å². The van der Waals surface area contributed by atoms with Crippen molar-refractivity contribution in [2.75, 3.05) is 13.1 Å². The average Bonchev–Trinajstić information content (AvgIpc) is 2.44. The molecule has 0 aliphatic carbocycles. The summed E-state index contributed by atoms with van der Waals surface area (Å²) in [5, 5.41) is 3.01. The number of nitrogens with one attached hydrogen (secondary N) is 1. The summed E-state index contributed by atoms with van der Waals surface area (Å²) in [5.41, 5.74) is 1.25. The Morgan fingerprint density at radius 2 is 1.90 bits per heavy atom. The van der Waals surface area contributed by atoms with Crippen LogP contribution in [0, 0.1) is 0 Å². The lowest BCUT2D eigenvalue weighted by molar-refractivity contribution is -0.122. The molecule has 1 aromatic rings. The molecule has 0 spiro atoms. The zero-order valence-corrected chi connectivity index (χ0v) is 13.1. The molecule has 0 heterocycles. The minimum Gasteiger partial charge on any atom is -0.355 e. The number of unbranched alkanes of at least 4 members (excludes halogenated alkanes) is 2. The predicted octanol–water partition coefficient (Wildman–Crippen LogP) is 3.20. The maximum Gasteiger partial charge on any atom is 0.234 e. The summed E-state index contributed by atoms with van der Waals surface area (Å²) in [6, 6.07) is 10.7. The average molecular weight is 276 g/mol. The highest BCUT2D eigenvalue weighted by Gasteiger charge is 2.14. The van der Waals surface area contributed by atoms with Gasteiger partial charge in [0.15, 0.2) is 0 Å². The van der Waals surface area contributed by atoms with E-state index in [0.717, 1.165) is 19.5 Å². The van der Waals surface area contributed by atoms with E-state index in [2.05, 4.69) is 43.1 Å². The van der Waals surface area contributed by atoms with Gasteiger partial charge in [-0.1, -0.05) is 50.1 Å². The third-order valence-electron chi connectivity index (χ3n) is 3.41. The highest BCUT2D eigenvalue weighted by Crippen LogP contribution is 2.07. The van der Waals surface area contributed by atoms with E-state index < -0.39 is 0 Å². The second-order valence-corrected chi connectivity index (χ2v) is 5.54. The molecule has 0 aromatic heterocycles. The fraction of sp³-hybridized carbons (Fsp3) is 0.588. The number of hydrogen-bond donors (Lipinski definition) is 1. The quantitative estimate of drug-likeness (QED) is 0.702. The van der Waals surface area contributed by atoms with Gasteiger partial charge in [0.2, 0.25) is 5.91 Å². The third kappa shape index (κ3) is 6.71. The van der Waals surface area contributed by atoms with Gasteiger partial charge in [-0.15, -0.1) is 0 Å². The smallest absolute Gasteiger partial charge is 0.234 e. The maximum atomic E-state index is 12.0. The summed E-state index contributed by atoms with van der Waals surface area (Å²) in [6.07, 6.45) is 3.43. The summed E-state index contributed by atoms with van der Waals surface area (Å²) < 4.78 is 0. The summed E-state index contributed by atoms with van der Waals surface area (Å²) in [7, 11) is 0. The van der Waals surface area contributed by atoms with E-state index >= 15 is 0 Å². The van der Waals surface area contributed by atoms with Crippen LogP contribution in [-0.2, 0) is 11.3 Å². The Kier molecular flexibility index (Phi) is 7.97. The molecule has 0 aliphatic heterocycles. The van der Waals surface area contributed by atoms with E-state index in [1.165, 1.54) is 18.4 Å². The lowest BCUT2D eigenvalue weighted by Gasteiger charge is -2.25. The second kappa shape index (κ2) is 9.54. The zero-order chi connectivity index (χ0) is 14.8. The van der Waals surface area contributed by atoms with Crippen molar-refractivity contribution >= 4 is 5.91 Å². The van der Waals surface area contributed by atoms with Crippen LogP contribution in [0.1, 0.15) is 45.6 Å². The highest BCUT2D eigenvalue weighted by molar-refractivity contribution is 5.78. The van der Waals surface area contributed by atoms with E-state index in [-0.39, 0.29) is 5.91 Å². The van der Waals surface area contributed by atoms with Crippen molar-refractivity contribution in [1.82, 2.24) is 10.2 Å². The summed E-state index contributed by atoms with van der Waals surface area (Å²) in [4.78, 5) is 14.2. The van der Waals surface area contributed by atoms with E-state index in [1.807, 2.05) is 18.2 Å². The van der Waals surface area contributed by atoms with E-state index in [1.54, 1.807) is 0 Å². The molecule has 20 heavy (non-hydrogen) atoms. The van der Waals surface area contributed by atoms with Gasteiger partial charge in [0.25, 0.3) is 0 Å². The number of carbonyl (C=O) groups is 1. The van der Waals surface area contributed by atoms with Gasteiger partial charge in [0.1, 0.15) is 0 Å². The molecule has 0 atom stereocenters. The number of hydrogen-bond acceptors (Lipinski definition) is 2. The summed E-state index contributed by atoms with van der Waals surface area (Å²) in [6.45, 7) is 8.52. The number of nitrogens with zero attached hydrogens (tertiary/aromatic N) is 1. The minimum atomic E-state index is 0.130. The molecular formula is C17H28N2O. The van der Waals surface area contributed by atoms with Crippen molar-refractivity contribution in [3.8, 4) is 0 Å². The third-order valence-corrected chi connectivity index (χ3v) is 3.41. The molecule has 1 rings (SSSR count). The monoisotopic (exact) mass is 276 g/mol. The second-order valence-electron chi connectivity index (χ2n) is 5.54. The fourth-order valence-electron chi connectivity index (χ4n) is 2.08. The van der Waals surface area contributed by atoms with Crippen LogP contribution in [0.5, 0.6) is 0 Å². The van der Waals surface area contributed by atoms with Crippen LogP contribution in [0.4, 0.5) is 0 Å². The van der Waals surface area contributed by atoms with Gasteiger partial charge in [0, 0.05) is 19.1 Å². The molecule has 0 bridgehead atoms. The van der Waals surface area contributed by atoms with Crippen molar-refractivity contribution in [1.29, 1.82) is 0 Å². The van der Waals surface area contributed by atoms with E-state index in [4.69, 9.17) is 0 Å². The lowest BCUT2D eigenvalue weighted by atomic mass is 10.2. The van der Waals surface area contributed by atoms with Gasteiger partial charge in [0.05, 0.1) is 6.54 Å². The summed E-state index contributed by atoms with van der Waals surface area (Å²) in [5.74, 6) is 0.130. The molecule has 1 amide bonds. The minimum absolute atomic E-state index is 0.130. The van der Waals surface area contributed by atoms with Crippen LogP contribution in [0.2, 0.25) is 0 Å². The predicted molar refractivity (Wildman–Crippen MR) is 84.5 cm³/mol. The van der Waals surface area contributed by atoms with Gasteiger partial charge in [-0.05, 0) is 25.8 Å². The Morgan fingerprint density at radius 1 is 1.20 bits per heavy atom. The molecule has 0 saturated carbocycles. The van der Waals surface area contributed by atoms with Crippen molar-refractivity contribution in [2.24, 2.45) is 0 Å². The molecule has 112 valence electrons. The molecule has 0 fully saturated rings. The van der Waals surface area contributed by atoms with E-state index in [0.29, 0.717) is 12.6 Å². The van der Waals surface area contributed by atoms with Crippen LogP contribution in [0.3, 0.4) is 0 Å². The van der Waals surface area contributed by atoms with Crippen molar-refractivity contribution < 1.29 is 4.79 Å². The number of rotatable bonds is 9. The van der Waals surface area contributed by atoms with Crippen molar-refractivity contribution in [3.05, 3.63) is 35.9 Å². The molecule has 1 N–H and O–H groups in total. The van der Waals surface area contributed by atoms with Gasteiger partial charge in [-0.3, -0.25) is 9.69 Å². The molecule has 3 heteroatoms. The topological polar surface area (TPSA) is 32.3 Å². The standard InChI is InChI=1S/C17H28N2O/c1-4-5-9-12-18-17(20)14-19(15(2)3)13-16-10-7-6-8-11-16/h6-8,10-11,15H,4-5,9,12-14H2,1-3H3,(H,18,20). The Morgan fingerprint density at radius 3 is 2.50 bits per heavy atom. The van der Waals surface area contributed by atoms with Crippen LogP contribution in [0.25, 0.3) is 0 Å². The Balaban J connectivity index is 2.41. The normalized spacial score (nSPS) is 11.1. The van der Waals surface area contributed by atoms with Gasteiger partial charge in [-0.25, -0.2) is 0 Å². The zero-order valence-electron chi connectivity index (χ0n) is 13.1. The molecule has 3 nitrogen and oxygen atoms in total. The Bertz CT molecular complexity index is 376. The number of amides is 1. The van der Waals surface area contributed by atoms with E-state index in [9.17, 15) is 4.79 Å². The first-order chi connectivity index (χ1) is 9.63. The van der Waals surface area contributed by atoms with Crippen LogP contribution >= 0.6 is 0 Å². The molecule has 0 radical (unpaired) electrons. The fourth-order valence-corrected chi connectivity index (χ4v) is 2.08. The largest absolute Gasteiger partial charge is 0.355 e. The van der Waals surface area contributed by atoms with Crippen LogP contribution in [0.15, 0.2) is 30.3 Å². The lowest BCUT2D eigenvalue weighted by Crippen LogP contribution is -2.40. The molecule has 0 saturated heterocycles.